The molecular weight excluding hydrogens is 509 g/mol. The third kappa shape index (κ3) is 10.7. The SMILES string of the molecule is C/C=C(\C(Cl)=C(/C)P)N1CCNCC1.CC.CCCC(C)C(=O)c1cc(OC)c(C(C)C)c([N+](=O)[O-])c1. The van der Waals surface area contributed by atoms with Crippen molar-refractivity contribution in [1.29, 1.82) is 0 Å². The molecule has 0 saturated carbocycles. The first-order valence-electron chi connectivity index (χ1n) is 13.1. The number of halogens is 1. The zero-order chi connectivity index (χ0) is 28.7. The Balaban J connectivity index is 0.000000702. The van der Waals surface area contributed by atoms with E-state index in [0.717, 1.165) is 55.1 Å². The molecule has 0 bridgehead atoms. The third-order valence-electron chi connectivity index (χ3n) is 5.87. The molecule has 2 rings (SSSR count). The zero-order valence-electron chi connectivity index (χ0n) is 24.1. The highest BCUT2D eigenvalue weighted by Gasteiger charge is 2.26. The molecule has 2 unspecified atom stereocenters. The summed E-state index contributed by atoms with van der Waals surface area (Å²) in [5, 5.41) is 16.6. The van der Waals surface area contributed by atoms with E-state index >= 15 is 0 Å². The lowest BCUT2D eigenvalue weighted by Gasteiger charge is -2.31. The quantitative estimate of drug-likeness (QED) is 0.111. The number of hydrogen-bond acceptors (Lipinski definition) is 6. The summed E-state index contributed by atoms with van der Waals surface area (Å²) in [4.78, 5) is 25.6. The standard InChI is InChI=1S/C16H23NO4.C10H18ClN2P.C2H6/c1-6-7-11(4)16(18)12-8-13(17(19)20)15(10(2)3)14(9-12)21-5;1-3-9(10(11)8(2)14)13-6-4-12-5-7-13;1-2/h8-11H,6-7H2,1-5H3;3,12H,4-7,14H2,1-2H3;1-2H3/b;9-3+,10-8-;. The van der Waals surface area contributed by atoms with Crippen molar-refractivity contribution in [3.05, 3.63) is 55.5 Å². The second-order valence-electron chi connectivity index (χ2n) is 8.99. The molecule has 0 aromatic heterocycles. The van der Waals surface area contributed by atoms with Gasteiger partial charge in [0.25, 0.3) is 5.69 Å². The summed E-state index contributed by atoms with van der Waals surface area (Å²) in [6.45, 7) is 19.8. The van der Waals surface area contributed by atoms with Gasteiger partial charge in [0.2, 0.25) is 0 Å². The molecular formula is C28H47ClN3O4P. The van der Waals surface area contributed by atoms with Crippen LogP contribution in [0.5, 0.6) is 5.75 Å². The molecule has 1 N–H and O–H groups in total. The van der Waals surface area contributed by atoms with Gasteiger partial charge in [0, 0.05) is 43.7 Å². The number of allylic oxidation sites excluding steroid dienone is 3. The molecule has 210 valence electrons. The summed E-state index contributed by atoms with van der Waals surface area (Å²) in [5.74, 6) is 0.126. The Morgan fingerprint density at radius 1 is 1.27 bits per heavy atom. The number of carbonyl (C=O) groups excluding carboxylic acids is 1. The van der Waals surface area contributed by atoms with Crippen LogP contribution >= 0.6 is 20.8 Å². The molecule has 1 aliphatic rings. The topological polar surface area (TPSA) is 84.7 Å². The number of rotatable bonds is 9. The van der Waals surface area contributed by atoms with Gasteiger partial charge in [-0.1, -0.05) is 65.6 Å². The number of ketones is 1. The Morgan fingerprint density at radius 2 is 1.84 bits per heavy atom. The number of Topliss-reactive ketones (excluding diaryl/α,β-unsaturated/α-hetero) is 1. The number of hydrogen-bond donors (Lipinski definition) is 1. The Morgan fingerprint density at radius 3 is 2.24 bits per heavy atom. The monoisotopic (exact) mass is 555 g/mol. The van der Waals surface area contributed by atoms with Crippen molar-refractivity contribution in [3.63, 3.8) is 0 Å². The van der Waals surface area contributed by atoms with E-state index in [-0.39, 0.29) is 23.3 Å². The summed E-state index contributed by atoms with van der Waals surface area (Å²) in [6.07, 6.45) is 3.75. The van der Waals surface area contributed by atoms with Crippen LogP contribution < -0.4 is 10.1 Å². The van der Waals surface area contributed by atoms with Gasteiger partial charge in [0.1, 0.15) is 5.75 Å². The highest BCUT2D eigenvalue weighted by atomic mass is 35.5. The highest BCUT2D eigenvalue weighted by molar-refractivity contribution is 7.22. The molecule has 1 fully saturated rings. The third-order valence-corrected chi connectivity index (χ3v) is 6.83. The Labute approximate surface area is 231 Å². The predicted molar refractivity (Wildman–Crippen MR) is 160 cm³/mol. The minimum absolute atomic E-state index is 0.0450. The molecule has 1 aromatic carbocycles. The first-order chi connectivity index (χ1) is 17.5. The number of carbonyl (C=O) groups is 1. The van der Waals surface area contributed by atoms with E-state index in [1.54, 1.807) is 6.07 Å². The maximum absolute atomic E-state index is 12.4. The molecule has 0 aliphatic carbocycles. The Hall–Kier alpha value is -1.95. The maximum atomic E-state index is 12.4. The molecule has 7 nitrogen and oxygen atoms in total. The summed E-state index contributed by atoms with van der Waals surface area (Å²) in [6, 6.07) is 3.00. The van der Waals surface area contributed by atoms with Gasteiger partial charge in [-0.3, -0.25) is 14.9 Å². The molecule has 9 heteroatoms. The van der Waals surface area contributed by atoms with E-state index in [4.69, 9.17) is 16.3 Å². The number of benzene rings is 1. The number of nitro benzene ring substituents is 1. The van der Waals surface area contributed by atoms with Gasteiger partial charge in [-0.15, -0.1) is 9.24 Å². The molecule has 0 radical (unpaired) electrons. The lowest BCUT2D eigenvalue weighted by Crippen LogP contribution is -2.42. The normalized spacial score (nSPS) is 15.0. The van der Waals surface area contributed by atoms with E-state index in [9.17, 15) is 14.9 Å². The largest absolute Gasteiger partial charge is 0.496 e. The number of piperazine rings is 1. The van der Waals surface area contributed by atoms with Crippen LogP contribution in [0.2, 0.25) is 0 Å². The minimum atomic E-state index is -0.445. The van der Waals surface area contributed by atoms with Crippen LogP contribution in [0.3, 0.4) is 0 Å². The lowest BCUT2D eigenvalue weighted by molar-refractivity contribution is -0.385. The average Bonchev–Trinajstić information content (AvgIpc) is 2.89. The summed E-state index contributed by atoms with van der Waals surface area (Å²) < 4.78 is 5.27. The van der Waals surface area contributed by atoms with E-state index in [1.165, 1.54) is 13.2 Å². The maximum Gasteiger partial charge on any atom is 0.277 e. The molecule has 1 aliphatic heterocycles. The van der Waals surface area contributed by atoms with Crippen LogP contribution in [0.15, 0.2) is 34.3 Å². The fourth-order valence-corrected chi connectivity index (χ4v) is 4.44. The van der Waals surface area contributed by atoms with Crippen LogP contribution in [-0.2, 0) is 0 Å². The van der Waals surface area contributed by atoms with E-state index in [2.05, 4.69) is 25.5 Å². The van der Waals surface area contributed by atoms with Crippen LogP contribution in [0.4, 0.5) is 5.69 Å². The first-order valence-corrected chi connectivity index (χ1v) is 14.1. The van der Waals surface area contributed by atoms with Crippen LogP contribution in [-0.4, -0.2) is 48.9 Å². The molecule has 2 atom stereocenters. The van der Waals surface area contributed by atoms with Gasteiger partial charge in [-0.2, -0.15) is 0 Å². The van der Waals surface area contributed by atoms with Crippen molar-refractivity contribution >= 4 is 32.3 Å². The summed E-state index contributed by atoms with van der Waals surface area (Å²) >= 11 is 6.24. The van der Waals surface area contributed by atoms with Gasteiger partial charge in [0.15, 0.2) is 5.78 Å². The predicted octanol–water partition coefficient (Wildman–Crippen LogP) is 7.51. The smallest absolute Gasteiger partial charge is 0.277 e. The van der Waals surface area contributed by atoms with Crippen LogP contribution in [0, 0.1) is 16.0 Å². The van der Waals surface area contributed by atoms with E-state index in [0.29, 0.717) is 16.9 Å². The second-order valence-corrected chi connectivity index (χ2v) is 10.2. The molecule has 0 amide bonds. The summed E-state index contributed by atoms with van der Waals surface area (Å²) in [5.41, 5.74) is 1.99. The van der Waals surface area contributed by atoms with Crippen molar-refractivity contribution in [3.8, 4) is 5.75 Å². The molecule has 37 heavy (non-hydrogen) atoms. The Bertz CT molecular complexity index is 938. The van der Waals surface area contributed by atoms with Crippen LogP contribution in [0.25, 0.3) is 0 Å². The number of nitrogens with one attached hydrogen (secondary N) is 1. The number of nitrogens with zero attached hydrogens (tertiary/aromatic N) is 2. The van der Waals surface area contributed by atoms with Gasteiger partial charge in [-0.25, -0.2) is 0 Å². The number of ether oxygens (including phenoxy) is 1. The first kappa shape index (κ1) is 35.0. The van der Waals surface area contributed by atoms with Gasteiger partial charge < -0.3 is 15.0 Å². The molecule has 1 saturated heterocycles. The van der Waals surface area contributed by atoms with Crippen molar-refractivity contribution in [2.75, 3.05) is 33.3 Å². The van der Waals surface area contributed by atoms with Crippen molar-refractivity contribution in [1.82, 2.24) is 10.2 Å². The number of methoxy groups -OCH3 is 1. The van der Waals surface area contributed by atoms with Gasteiger partial charge in [-0.05, 0) is 37.6 Å². The van der Waals surface area contributed by atoms with E-state index < -0.39 is 4.92 Å². The van der Waals surface area contributed by atoms with Crippen molar-refractivity contribution in [2.24, 2.45) is 5.92 Å². The molecule has 1 heterocycles. The van der Waals surface area contributed by atoms with Crippen molar-refractivity contribution in [2.45, 2.75) is 74.1 Å². The number of nitro groups is 1. The molecule has 0 spiro atoms. The zero-order valence-corrected chi connectivity index (χ0v) is 26.0. The fourth-order valence-electron chi connectivity index (χ4n) is 4.06. The fraction of sp³-hybridized carbons (Fsp3) is 0.607. The lowest BCUT2D eigenvalue weighted by atomic mass is 9.91. The van der Waals surface area contributed by atoms with Crippen molar-refractivity contribution < 1.29 is 14.5 Å². The van der Waals surface area contributed by atoms with Gasteiger partial charge in [0.05, 0.1) is 28.3 Å². The summed E-state index contributed by atoms with van der Waals surface area (Å²) in [7, 11) is 4.12. The van der Waals surface area contributed by atoms with E-state index in [1.807, 2.05) is 55.4 Å². The van der Waals surface area contributed by atoms with Gasteiger partial charge >= 0.3 is 0 Å². The molecule has 1 aromatic rings. The Kier molecular flexibility index (Phi) is 17.4. The van der Waals surface area contributed by atoms with Crippen LogP contribution in [0.1, 0.15) is 90.1 Å². The second kappa shape index (κ2) is 18.3. The minimum Gasteiger partial charge on any atom is -0.496 e. The average molecular weight is 556 g/mol. The highest BCUT2D eigenvalue weighted by Crippen LogP contribution is 2.37.